The van der Waals surface area contributed by atoms with Gasteiger partial charge in [0.25, 0.3) is 5.91 Å². The zero-order valence-electron chi connectivity index (χ0n) is 11.8. The maximum atomic E-state index is 12.1. The number of halogens is 1. The summed E-state index contributed by atoms with van der Waals surface area (Å²) in [4.78, 5) is 12.1. The van der Waals surface area contributed by atoms with E-state index in [9.17, 15) is 4.79 Å². The van der Waals surface area contributed by atoms with E-state index in [1.54, 1.807) is 18.2 Å². The molecule has 3 N–H and O–H groups in total. The van der Waals surface area contributed by atoms with E-state index in [0.717, 1.165) is 0 Å². The van der Waals surface area contributed by atoms with Crippen molar-refractivity contribution in [2.75, 3.05) is 6.54 Å². The predicted molar refractivity (Wildman–Crippen MR) is 77.8 cm³/mol. The van der Waals surface area contributed by atoms with Gasteiger partial charge in [0.2, 0.25) is 0 Å². The third kappa shape index (κ3) is 5.49. The summed E-state index contributed by atoms with van der Waals surface area (Å²) in [6.45, 7) is 7.87. The van der Waals surface area contributed by atoms with Gasteiger partial charge in [0.15, 0.2) is 0 Å². The number of nitrogens with one attached hydrogen (secondary N) is 1. The van der Waals surface area contributed by atoms with Gasteiger partial charge in [-0.15, -0.1) is 0 Å². The van der Waals surface area contributed by atoms with Crippen LogP contribution < -0.4 is 15.8 Å². The van der Waals surface area contributed by atoms with Crippen molar-refractivity contribution >= 4 is 17.5 Å². The molecule has 5 heteroatoms. The van der Waals surface area contributed by atoms with Crippen LogP contribution in [-0.4, -0.2) is 24.1 Å². The van der Waals surface area contributed by atoms with E-state index in [4.69, 9.17) is 22.1 Å². The quantitative estimate of drug-likeness (QED) is 0.873. The molecule has 0 saturated carbocycles. The Labute approximate surface area is 119 Å². The van der Waals surface area contributed by atoms with Crippen molar-refractivity contribution in [3.05, 3.63) is 28.8 Å². The minimum absolute atomic E-state index is 0.0151. The molecule has 1 rings (SSSR count). The maximum Gasteiger partial charge on any atom is 0.255 e. The van der Waals surface area contributed by atoms with Crippen LogP contribution in [-0.2, 0) is 0 Å². The van der Waals surface area contributed by atoms with Gasteiger partial charge in [-0.3, -0.25) is 4.79 Å². The summed E-state index contributed by atoms with van der Waals surface area (Å²) in [5.74, 6) is 0.281. The standard InChI is InChI=1S/C14H21ClN2O2/c1-9(2)19-12-6-5-10(15)7-11(12)13(18)17-8-14(3,4)16/h5-7,9H,8,16H2,1-4H3,(H,17,18). The summed E-state index contributed by atoms with van der Waals surface area (Å²) >= 11 is 5.93. The Morgan fingerprint density at radius 2 is 2.11 bits per heavy atom. The Morgan fingerprint density at radius 3 is 2.63 bits per heavy atom. The zero-order chi connectivity index (χ0) is 14.6. The molecule has 1 aromatic rings. The number of carbonyl (C=O) groups is 1. The van der Waals surface area contributed by atoms with Gasteiger partial charge in [0.05, 0.1) is 11.7 Å². The highest BCUT2D eigenvalue weighted by molar-refractivity contribution is 6.31. The maximum absolute atomic E-state index is 12.1. The fraction of sp³-hybridized carbons (Fsp3) is 0.500. The summed E-state index contributed by atoms with van der Waals surface area (Å²) in [5.41, 5.74) is 5.80. The van der Waals surface area contributed by atoms with E-state index >= 15 is 0 Å². The van der Waals surface area contributed by atoms with Crippen LogP contribution in [0.1, 0.15) is 38.1 Å². The first-order chi connectivity index (χ1) is 8.69. The molecule has 0 unspecified atom stereocenters. The second-order valence-electron chi connectivity index (χ2n) is 5.48. The molecule has 0 atom stereocenters. The molecule has 1 aromatic carbocycles. The molecule has 0 radical (unpaired) electrons. The minimum Gasteiger partial charge on any atom is -0.490 e. The molecular weight excluding hydrogens is 264 g/mol. The highest BCUT2D eigenvalue weighted by atomic mass is 35.5. The first-order valence-corrected chi connectivity index (χ1v) is 6.60. The number of hydrogen-bond acceptors (Lipinski definition) is 3. The highest BCUT2D eigenvalue weighted by Gasteiger charge is 2.17. The van der Waals surface area contributed by atoms with Gasteiger partial charge in [-0.2, -0.15) is 0 Å². The number of benzene rings is 1. The monoisotopic (exact) mass is 284 g/mol. The van der Waals surface area contributed by atoms with Crippen LogP contribution in [0.5, 0.6) is 5.75 Å². The molecule has 1 amide bonds. The summed E-state index contributed by atoms with van der Waals surface area (Å²) in [5, 5.41) is 3.27. The van der Waals surface area contributed by atoms with E-state index in [-0.39, 0.29) is 12.0 Å². The van der Waals surface area contributed by atoms with E-state index in [1.165, 1.54) is 0 Å². The Bertz CT molecular complexity index is 453. The van der Waals surface area contributed by atoms with Crippen LogP contribution in [0, 0.1) is 0 Å². The van der Waals surface area contributed by atoms with E-state index in [2.05, 4.69) is 5.32 Å². The van der Waals surface area contributed by atoms with Crippen LogP contribution in [0.15, 0.2) is 18.2 Å². The second kappa shape index (κ2) is 6.26. The fourth-order valence-corrected chi connectivity index (χ4v) is 1.61. The van der Waals surface area contributed by atoms with Gasteiger partial charge in [-0.1, -0.05) is 11.6 Å². The largest absolute Gasteiger partial charge is 0.490 e. The van der Waals surface area contributed by atoms with E-state index in [1.807, 2.05) is 27.7 Å². The van der Waals surface area contributed by atoms with Crippen LogP contribution in [0.3, 0.4) is 0 Å². The topological polar surface area (TPSA) is 64.3 Å². The average Bonchev–Trinajstić information content (AvgIpc) is 2.27. The number of ether oxygens (including phenoxy) is 1. The molecule has 0 bridgehead atoms. The van der Waals surface area contributed by atoms with Crippen molar-refractivity contribution < 1.29 is 9.53 Å². The van der Waals surface area contributed by atoms with Crippen molar-refractivity contribution in [2.45, 2.75) is 39.3 Å². The third-order valence-corrected chi connectivity index (χ3v) is 2.49. The number of hydrogen-bond donors (Lipinski definition) is 2. The Kier molecular flexibility index (Phi) is 5.20. The minimum atomic E-state index is -0.465. The van der Waals surface area contributed by atoms with Gasteiger partial charge in [0, 0.05) is 17.1 Å². The molecule has 0 aliphatic carbocycles. The molecular formula is C14H21ClN2O2. The van der Waals surface area contributed by atoms with Crippen LogP contribution in [0.25, 0.3) is 0 Å². The number of rotatable bonds is 5. The lowest BCUT2D eigenvalue weighted by Crippen LogP contribution is -2.45. The van der Waals surface area contributed by atoms with Crippen LogP contribution in [0.2, 0.25) is 5.02 Å². The number of nitrogens with two attached hydrogens (primary N) is 1. The third-order valence-electron chi connectivity index (χ3n) is 2.25. The molecule has 0 aliphatic rings. The Morgan fingerprint density at radius 1 is 1.47 bits per heavy atom. The molecule has 0 fully saturated rings. The summed E-state index contributed by atoms with van der Waals surface area (Å²) in [7, 11) is 0. The number of amides is 1. The van der Waals surface area contributed by atoms with Crippen LogP contribution >= 0.6 is 11.6 Å². The summed E-state index contributed by atoms with van der Waals surface area (Å²) in [6, 6.07) is 4.99. The van der Waals surface area contributed by atoms with Gasteiger partial charge in [0.1, 0.15) is 5.75 Å². The molecule has 0 saturated heterocycles. The van der Waals surface area contributed by atoms with Crippen molar-refractivity contribution in [3.63, 3.8) is 0 Å². The van der Waals surface area contributed by atoms with Crippen molar-refractivity contribution in [1.29, 1.82) is 0 Å². The summed E-state index contributed by atoms with van der Waals surface area (Å²) in [6.07, 6.45) is -0.0151. The molecule has 4 nitrogen and oxygen atoms in total. The zero-order valence-corrected chi connectivity index (χ0v) is 12.5. The smallest absolute Gasteiger partial charge is 0.255 e. The predicted octanol–water partition coefficient (Wildman–Crippen LogP) is 2.59. The van der Waals surface area contributed by atoms with E-state index in [0.29, 0.717) is 22.9 Å². The van der Waals surface area contributed by atoms with Gasteiger partial charge in [-0.25, -0.2) is 0 Å². The Balaban J connectivity index is 2.90. The van der Waals surface area contributed by atoms with Gasteiger partial charge >= 0.3 is 0 Å². The SMILES string of the molecule is CC(C)Oc1ccc(Cl)cc1C(=O)NCC(C)(C)N. The first kappa shape index (κ1) is 15.8. The fourth-order valence-electron chi connectivity index (χ4n) is 1.44. The molecule has 0 spiro atoms. The molecule has 0 aliphatic heterocycles. The molecule has 0 aromatic heterocycles. The van der Waals surface area contributed by atoms with Crippen molar-refractivity contribution in [1.82, 2.24) is 5.32 Å². The summed E-state index contributed by atoms with van der Waals surface area (Å²) < 4.78 is 5.60. The lowest BCUT2D eigenvalue weighted by atomic mass is 10.1. The van der Waals surface area contributed by atoms with Crippen molar-refractivity contribution in [3.8, 4) is 5.75 Å². The lowest BCUT2D eigenvalue weighted by Gasteiger charge is -2.20. The first-order valence-electron chi connectivity index (χ1n) is 6.22. The normalized spacial score (nSPS) is 11.5. The molecule has 106 valence electrons. The molecule has 19 heavy (non-hydrogen) atoms. The van der Waals surface area contributed by atoms with Gasteiger partial charge in [-0.05, 0) is 45.9 Å². The second-order valence-corrected chi connectivity index (χ2v) is 5.91. The van der Waals surface area contributed by atoms with Crippen LogP contribution in [0.4, 0.5) is 0 Å². The van der Waals surface area contributed by atoms with E-state index < -0.39 is 5.54 Å². The number of carbonyl (C=O) groups excluding carboxylic acids is 1. The van der Waals surface area contributed by atoms with Gasteiger partial charge < -0.3 is 15.8 Å². The van der Waals surface area contributed by atoms with Crippen molar-refractivity contribution in [2.24, 2.45) is 5.73 Å². The highest BCUT2D eigenvalue weighted by Crippen LogP contribution is 2.24. The molecule has 0 heterocycles. The lowest BCUT2D eigenvalue weighted by molar-refractivity contribution is 0.0940. The average molecular weight is 285 g/mol. The Hall–Kier alpha value is -1.26.